The number of hydrogen-bond acceptors (Lipinski definition) is 4. The molecule has 4 rings (SSSR count). The van der Waals surface area contributed by atoms with Crippen LogP contribution < -0.4 is 15.4 Å². The highest BCUT2D eigenvalue weighted by atomic mass is 35.5. The van der Waals surface area contributed by atoms with E-state index >= 15 is 0 Å². The van der Waals surface area contributed by atoms with Gasteiger partial charge in [-0.3, -0.25) is 9.78 Å². The first-order valence-corrected chi connectivity index (χ1v) is 8.33. The number of H-pyrrole nitrogens is 1. The number of nitrogens with one attached hydrogen (secondary N) is 1. The van der Waals surface area contributed by atoms with Crippen LogP contribution in [0.25, 0.3) is 10.9 Å². The molecule has 1 aromatic heterocycles. The first-order valence-electron chi connectivity index (χ1n) is 7.95. The van der Waals surface area contributed by atoms with E-state index in [0.717, 1.165) is 42.4 Å². The Labute approximate surface area is 144 Å². The maximum Gasteiger partial charge on any atom is 0.260 e. The lowest BCUT2D eigenvalue weighted by Gasteiger charge is -2.36. The number of benzene rings is 2. The van der Waals surface area contributed by atoms with Crippen molar-refractivity contribution < 1.29 is 0 Å². The Kier molecular flexibility index (Phi) is 3.86. The molecule has 1 aliphatic rings. The van der Waals surface area contributed by atoms with Crippen molar-refractivity contribution >= 4 is 34.1 Å². The highest BCUT2D eigenvalue weighted by Crippen LogP contribution is 2.22. The minimum atomic E-state index is -0.0899. The van der Waals surface area contributed by atoms with Crippen LogP contribution in [0.3, 0.4) is 0 Å². The van der Waals surface area contributed by atoms with Crippen LogP contribution >= 0.6 is 11.6 Å². The van der Waals surface area contributed by atoms with E-state index in [4.69, 9.17) is 11.6 Å². The fraction of sp³-hybridized carbons (Fsp3) is 0.222. The topological polar surface area (TPSA) is 52.2 Å². The molecule has 1 saturated heterocycles. The summed E-state index contributed by atoms with van der Waals surface area (Å²) in [5.41, 5.74) is 1.77. The Bertz CT molecular complexity index is 931. The van der Waals surface area contributed by atoms with Gasteiger partial charge in [0.1, 0.15) is 0 Å². The number of hydrogen-bond donors (Lipinski definition) is 1. The summed E-state index contributed by atoms with van der Waals surface area (Å²) in [6.45, 7) is 3.31. The monoisotopic (exact) mass is 340 g/mol. The van der Waals surface area contributed by atoms with Gasteiger partial charge in [0.25, 0.3) is 5.56 Å². The third-order valence-electron chi connectivity index (χ3n) is 4.35. The molecule has 1 N–H and O–H groups in total. The normalized spacial score (nSPS) is 15.0. The number of halogens is 1. The van der Waals surface area contributed by atoms with Gasteiger partial charge < -0.3 is 9.80 Å². The predicted octanol–water partition coefficient (Wildman–Crippen LogP) is 2.90. The average Bonchev–Trinajstić information content (AvgIpc) is 2.62. The first-order chi connectivity index (χ1) is 11.7. The van der Waals surface area contributed by atoms with Crippen LogP contribution in [0.15, 0.2) is 53.3 Å². The molecule has 0 radical (unpaired) electrons. The maximum atomic E-state index is 12.2. The van der Waals surface area contributed by atoms with Gasteiger partial charge in [0.2, 0.25) is 5.95 Å². The van der Waals surface area contributed by atoms with Crippen molar-refractivity contribution in [2.45, 2.75) is 0 Å². The molecule has 24 heavy (non-hydrogen) atoms. The van der Waals surface area contributed by atoms with Crippen molar-refractivity contribution in [3.63, 3.8) is 0 Å². The molecule has 0 bridgehead atoms. The molecule has 2 aromatic carbocycles. The number of nitrogens with zero attached hydrogens (tertiary/aromatic N) is 3. The number of piperazine rings is 1. The Morgan fingerprint density at radius 1 is 0.958 bits per heavy atom. The molecule has 0 atom stereocenters. The van der Waals surface area contributed by atoms with Gasteiger partial charge >= 0.3 is 0 Å². The Hall–Kier alpha value is -2.53. The molecule has 5 nitrogen and oxygen atoms in total. The maximum absolute atomic E-state index is 12.2. The molecule has 6 heteroatoms. The molecule has 0 saturated carbocycles. The van der Waals surface area contributed by atoms with Crippen molar-refractivity contribution in [2.75, 3.05) is 36.0 Å². The summed E-state index contributed by atoms with van der Waals surface area (Å²) in [5.74, 6) is 0.643. The van der Waals surface area contributed by atoms with Gasteiger partial charge in [0.15, 0.2) is 0 Å². The molecular weight excluding hydrogens is 324 g/mol. The summed E-state index contributed by atoms with van der Waals surface area (Å²) in [6.07, 6.45) is 0. The van der Waals surface area contributed by atoms with Crippen LogP contribution in [0.2, 0.25) is 5.02 Å². The second-order valence-electron chi connectivity index (χ2n) is 5.86. The summed E-state index contributed by atoms with van der Waals surface area (Å²) in [4.78, 5) is 24.1. The van der Waals surface area contributed by atoms with Crippen molar-refractivity contribution in [2.24, 2.45) is 0 Å². The van der Waals surface area contributed by atoms with Crippen molar-refractivity contribution in [1.82, 2.24) is 9.97 Å². The molecule has 0 unspecified atom stereocenters. The summed E-state index contributed by atoms with van der Waals surface area (Å²) < 4.78 is 0. The Balaban J connectivity index is 1.55. The van der Waals surface area contributed by atoms with E-state index in [1.807, 2.05) is 36.4 Å². The lowest BCUT2D eigenvalue weighted by molar-refractivity contribution is 0.640. The lowest BCUT2D eigenvalue weighted by atomic mass is 10.2. The number of anilines is 2. The van der Waals surface area contributed by atoms with E-state index in [1.165, 1.54) is 0 Å². The molecule has 1 aliphatic heterocycles. The second kappa shape index (κ2) is 6.17. The summed E-state index contributed by atoms with van der Waals surface area (Å²) >= 11 is 6.07. The fourth-order valence-corrected chi connectivity index (χ4v) is 3.26. The predicted molar refractivity (Wildman–Crippen MR) is 98.2 cm³/mol. The second-order valence-corrected chi connectivity index (χ2v) is 6.30. The standard InChI is InChI=1S/C18H17ClN4O/c19-13-4-3-5-14(12-13)22-8-10-23(11-9-22)18-20-16-7-2-1-6-15(16)17(24)21-18/h1-7,12H,8-11H2,(H,20,21,24). The fourth-order valence-electron chi connectivity index (χ4n) is 3.07. The van der Waals surface area contributed by atoms with Crippen LogP contribution in [0.5, 0.6) is 0 Å². The van der Waals surface area contributed by atoms with E-state index in [-0.39, 0.29) is 5.56 Å². The van der Waals surface area contributed by atoms with Crippen LogP contribution in [-0.2, 0) is 0 Å². The number of fused-ring (bicyclic) bond motifs is 1. The van der Waals surface area contributed by atoms with Crippen LogP contribution in [-0.4, -0.2) is 36.1 Å². The van der Waals surface area contributed by atoms with Gasteiger partial charge in [-0.25, -0.2) is 4.98 Å². The van der Waals surface area contributed by atoms with Gasteiger partial charge in [0.05, 0.1) is 10.9 Å². The van der Waals surface area contributed by atoms with Crippen molar-refractivity contribution in [1.29, 1.82) is 0 Å². The highest BCUT2D eigenvalue weighted by molar-refractivity contribution is 6.30. The molecule has 0 amide bonds. The smallest absolute Gasteiger partial charge is 0.260 e. The summed E-state index contributed by atoms with van der Waals surface area (Å²) in [7, 11) is 0. The molecule has 0 spiro atoms. The first kappa shape index (κ1) is 15.0. The van der Waals surface area contributed by atoms with Crippen LogP contribution in [0, 0.1) is 0 Å². The largest absolute Gasteiger partial charge is 0.368 e. The zero-order valence-corrected chi connectivity index (χ0v) is 13.8. The van der Waals surface area contributed by atoms with Gasteiger partial charge in [-0.05, 0) is 30.3 Å². The van der Waals surface area contributed by atoms with Gasteiger partial charge in [0, 0.05) is 36.9 Å². The molecule has 0 aliphatic carbocycles. The van der Waals surface area contributed by atoms with Crippen molar-refractivity contribution in [3.8, 4) is 0 Å². The third kappa shape index (κ3) is 2.83. The molecule has 2 heterocycles. The molecule has 1 fully saturated rings. The zero-order chi connectivity index (χ0) is 16.5. The van der Waals surface area contributed by atoms with E-state index in [9.17, 15) is 4.79 Å². The third-order valence-corrected chi connectivity index (χ3v) is 4.59. The van der Waals surface area contributed by atoms with Gasteiger partial charge in [-0.15, -0.1) is 0 Å². The molecular formula is C18H17ClN4O. The summed E-state index contributed by atoms with van der Waals surface area (Å²) in [5, 5.41) is 1.37. The highest BCUT2D eigenvalue weighted by Gasteiger charge is 2.19. The number of aromatic amines is 1. The van der Waals surface area contributed by atoms with Gasteiger partial charge in [-0.2, -0.15) is 0 Å². The van der Waals surface area contributed by atoms with Crippen LogP contribution in [0.4, 0.5) is 11.6 Å². The van der Waals surface area contributed by atoms with E-state index in [0.29, 0.717) is 11.3 Å². The number of para-hydroxylation sites is 1. The number of rotatable bonds is 2. The van der Waals surface area contributed by atoms with Gasteiger partial charge in [-0.1, -0.05) is 29.8 Å². The van der Waals surface area contributed by atoms with Crippen LogP contribution in [0.1, 0.15) is 0 Å². The minimum Gasteiger partial charge on any atom is -0.368 e. The van der Waals surface area contributed by atoms with E-state index in [1.54, 1.807) is 6.07 Å². The van der Waals surface area contributed by atoms with E-state index in [2.05, 4.69) is 25.8 Å². The summed E-state index contributed by atoms with van der Waals surface area (Å²) in [6, 6.07) is 15.3. The van der Waals surface area contributed by atoms with E-state index < -0.39 is 0 Å². The number of aromatic nitrogens is 2. The minimum absolute atomic E-state index is 0.0899. The molecule has 3 aromatic rings. The molecule has 122 valence electrons. The zero-order valence-electron chi connectivity index (χ0n) is 13.1. The SMILES string of the molecule is O=c1[nH]c(N2CCN(c3cccc(Cl)c3)CC2)nc2ccccc12. The Morgan fingerprint density at radius 3 is 2.50 bits per heavy atom. The van der Waals surface area contributed by atoms with Crippen molar-refractivity contribution in [3.05, 3.63) is 63.9 Å². The quantitative estimate of drug-likeness (QED) is 0.779. The lowest BCUT2D eigenvalue weighted by Crippen LogP contribution is -2.47. The Morgan fingerprint density at radius 2 is 1.71 bits per heavy atom. The average molecular weight is 341 g/mol.